The van der Waals surface area contributed by atoms with E-state index in [1.54, 1.807) is 0 Å². The molecule has 6 heteroatoms. The fraction of sp³-hybridized carbons (Fsp3) is 0.467. The van der Waals surface area contributed by atoms with Gasteiger partial charge in [0.1, 0.15) is 0 Å². The van der Waals surface area contributed by atoms with Gasteiger partial charge < -0.3 is 10.3 Å². The molecule has 1 heterocycles. The zero-order valence-electron chi connectivity index (χ0n) is 11.8. The first-order valence-electron chi connectivity index (χ1n) is 7.06. The van der Waals surface area contributed by atoms with Gasteiger partial charge in [0, 0.05) is 5.56 Å². The summed E-state index contributed by atoms with van der Waals surface area (Å²) in [6.07, 6.45) is 3.63. The Balaban J connectivity index is 1.87. The normalized spacial score (nSPS) is 26.0. The Morgan fingerprint density at radius 2 is 1.95 bits per heavy atom. The van der Waals surface area contributed by atoms with Crippen molar-refractivity contribution < 1.29 is 13.3 Å². The summed E-state index contributed by atoms with van der Waals surface area (Å²) in [5.41, 5.74) is 6.13. The first kappa shape index (κ1) is 14.1. The summed E-state index contributed by atoms with van der Waals surface area (Å²) >= 11 is 0. The summed E-state index contributed by atoms with van der Waals surface area (Å²) in [4.78, 5) is 4.28. The molecule has 3 rings (SSSR count). The standard InChI is InChI=1S/C15H17F2N3O/c1-9-4-6-15(18,7-5-9)14-19-13(21-20-14)10-2-3-11(16)12(17)8-10/h2-3,8-9H,4-7,18H2,1H3. The summed E-state index contributed by atoms with van der Waals surface area (Å²) in [5.74, 6) is -0.600. The fourth-order valence-corrected chi connectivity index (χ4v) is 2.67. The predicted molar refractivity (Wildman–Crippen MR) is 73.1 cm³/mol. The summed E-state index contributed by atoms with van der Waals surface area (Å²) in [5, 5.41) is 3.94. The molecular formula is C15H17F2N3O. The number of nitrogens with zero attached hydrogens (tertiary/aromatic N) is 2. The Bertz CT molecular complexity index is 648. The highest BCUT2D eigenvalue weighted by molar-refractivity contribution is 5.52. The van der Waals surface area contributed by atoms with Crippen LogP contribution in [0.3, 0.4) is 0 Å². The van der Waals surface area contributed by atoms with Gasteiger partial charge in [0.05, 0.1) is 5.54 Å². The van der Waals surface area contributed by atoms with E-state index in [1.807, 2.05) is 0 Å². The van der Waals surface area contributed by atoms with Crippen LogP contribution in [-0.2, 0) is 5.54 Å². The second-order valence-corrected chi connectivity index (χ2v) is 5.89. The van der Waals surface area contributed by atoms with Crippen molar-refractivity contribution in [3.63, 3.8) is 0 Å². The van der Waals surface area contributed by atoms with Crippen molar-refractivity contribution in [1.82, 2.24) is 10.1 Å². The quantitative estimate of drug-likeness (QED) is 0.922. The third kappa shape index (κ3) is 2.68. The highest BCUT2D eigenvalue weighted by Crippen LogP contribution is 2.36. The maximum absolute atomic E-state index is 13.3. The Labute approximate surface area is 121 Å². The second-order valence-electron chi connectivity index (χ2n) is 5.89. The molecular weight excluding hydrogens is 276 g/mol. The molecule has 1 aliphatic carbocycles. The molecule has 0 spiro atoms. The zero-order chi connectivity index (χ0) is 15.0. The van der Waals surface area contributed by atoms with E-state index in [0.29, 0.717) is 17.3 Å². The Morgan fingerprint density at radius 3 is 2.62 bits per heavy atom. The molecule has 0 aliphatic heterocycles. The van der Waals surface area contributed by atoms with E-state index >= 15 is 0 Å². The molecule has 0 bridgehead atoms. The van der Waals surface area contributed by atoms with Crippen LogP contribution in [0.2, 0.25) is 0 Å². The number of hydrogen-bond acceptors (Lipinski definition) is 4. The van der Waals surface area contributed by atoms with Gasteiger partial charge in [-0.3, -0.25) is 0 Å². The van der Waals surface area contributed by atoms with Crippen LogP contribution in [-0.4, -0.2) is 10.1 Å². The lowest BCUT2D eigenvalue weighted by Gasteiger charge is -2.33. The zero-order valence-corrected chi connectivity index (χ0v) is 11.8. The predicted octanol–water partition coefficient (Wildman–Crippen LogP) is 3.38. The van der Waals surface area contributed by atoms with Crippen LogP contribution in [0.4, 0.5) is 8.78 Å². The maximum atomic E-state index is 13.3. The van der Waals surface area contributed by atoms with Crippen molar-refractivity contribution in [1.29, 1.82) is 0 Å². The van der Waals surface area contributed by atoms with Crippen molar-refractivity contribution in [3.8, 4) is 11.5 Å². The lowest BCUT2D eigenvalue weighted by molar-refractivity contribution is 0.230. The van der Waals surface area contributed by atoms with E-state index in [4.69, 9.17) is 10.3 Å². The second kappa shape index (κ2) is 5.18. The van der Waals surface area contributed by atoms with E-state index in [0.717, 1.165) is 37.8 Å². The monoisotopic (exact) mass is 293 g/mol. The molecule has 1 aromatic heterocycles. The summed E-state index contributed by atoms with van der Waals surface area (Å²) in [6.45, 7) is 2.20. The molecule has 2 N–H and O–H groups in total. The van der Waals surface area contributed by atoms with Crippen molar-refractivity contribution >= 4 is 0 Å². The van der Waals surface area contributed by atoms with Crippen LogP contribution in [0, 0.1) is 17.6 Å². The summed E-state index contributed by atoms with van der Waals surface area (Å²) in [6, 6.07) is 3.48. The number of benzene rings is 1. The van der Waals surface area contributed by atoms with Gasteiger partial charge in [-0.2, -0.15) is 4.98 Å². The van der Waals surface area contributed by atoms with Gasteiger partial charge >= 0.3 is 0 Å². The Morgan fingerprint density at radius 1 is 1.24 bits per heavy atom. The molecule has 0 unspecified atom stereocenters. The Hall–Kier alpha value is -1.82. The van der Waals surface area contributed by atoms with Crippen LogP contribution >= 0.6 is 0 Å². The van der Waals surface area contributed by atoms with Gasteiger partial charge in [-0.15, -0.1) is 0 Å². The number of halogens is 2. The van der Waals surface area contributed by atoms with Crippen LogP contribution < -0.4 is 5.73 Å². The van der Waals surface area contributed by atoms with Gasteiger partial charge in [0.25, 0.3) is 5.89 Å². The molecule has 1 aromatic carbocycles. The third-order valence-corrected chi connectivity index (χ3v) is 4.20. The van der Waals surface area contributed by atoms with Crippen molar-refractivity contribution in [2.75, 3.05) is 0 Å². The average molecular weight is 293 g/mol. The summed E-state index contributed by atoms with van der Waals surface area (Å²) in [7, 11) is 0. The molecule has 2 aromatic rings. The van der Waals surface area contributed by atoms with Crippen LogP contribution in [0.5, 0.6) is 0 Å². The number of nitrogens with two attached hydrogens (primary N) is 1. The van der Waals surface area contributed by atoms with Crippen molar-refractivity contribution in [3.05, 3.63) is 35.7 Å². The first-order chi connectivity index (χ1) is 9.98. The molecule has 0 atom stereocenters. The van der Waals surface area contributed by atoms with Crippen LogP contribution in [0.15, 0.2) is 22.7 Å². The molecule has 21 heavy (non-hydrogen) atoms. The highest BCUT2D eigenvalue weighted by atomic mass is 19.2. The number of aromatic nitrogens is 2. The third-order valence-electron chi connectivity index (χ3n) is 4.20. The minimum atomic E-state index is -0.943. The molecule has 4 nitrogen and oxygen atoms in total. The van der Waals surface area contributed by atoms with E-state index in [1.165, 1.54) is 6.07 Å². The van der Waals surface area contributed by atoms with Crippen LogP contribution in [0.1, 0.15) is 38.4 Å². The minimum absolute atomic E-state index is 0.160. The first-order valence-corrected chi connectivity index (χ1v) is 7.06. The molecule has 0 radical (unpaired) electrons. The van der Waals surface area contributed by atoms with Crippen molar-refractivity contribution in [2.45, 2.75) is 38.1 Å². The minimum Gasteiger partial charge on any atom is -0.334 e. The lowest BCUT2D eigenvalue weighted by atomic mass is 9.77. The van der Waals surface area contributed by atoms with Gasteiger partial charge in [0.15, 0.2) is 17.5 Å². The van der Waals surface area contributed by atoms with Crippen molar-refractivity contribution in [2.24, 2.45) is 11.7 Å². The molecule has 1 saturated carbocycles. The Kier molecular flexibility index (Phi) is 3.49. The molecule has 1 fully saturated rings. The van der Waals surface area contributed by atoms with Gasteiger partial charge in [-0.1, -0.05) is 12.1 Å². The van der Waals surface area contributed by atoms with Gasteiger partial charge in [0.2, 0.25) is 0 Å². The highest BCUT2D eigenvalue weighted by Gasteiger charge is 2.36. The average Bonchev–Trinajstić information content (AvgIpc) is 2.96. The molecule has 112 valence electrons. The number of rotatable bonds is 2. The van der Waals surface area contributed by atoms with E-state index < -0.39 is 17.2 Å². The van der Waals surface area contributed by atoms with E-state index in [2.05, 4.69) is 17.1 Å². The number of hydrogen-bond donors (Lipinski definition) is 1. The van der Waals surface area contributed by atoms with Gasteiger partial charge in [-0.25, -0.2) is 8.78 Å². The largest absolute Gasteiger partial charge is 0.334 e. The van der Waals surface area contributed by atoms with Crippen LogP contribution in [0.25, 0.3) is 11.5 Å². The molecule has 0 amide bonds. The topological polar surface area (TPSA) is 64.9 Å². The fourth-order valence-electron chi connectivity index (χ4n) is 2.67. The van der Waals surface area contributed by atoms with Gasteiger partial charge in [-0.05, 0) is 49.8 Å². The van der Waals surface area contributed by atoms with E-state index in [9.17, 15) is 8.78 Å². The maximum Gasteiger partial charge on any atom is 0.258 e. The molecule has 0 saturated heterocycles. The van der Waals surface area contributed by atoms with E-state index in [-0.39, 0.29) is 5.89 Å². The lowest BCUT2D eigenvalue weighted by Crippen LogP contribution is -2.41. The SMILES string of the molecule is CC1CCC(N)(c2noc(-c3ccc(F)c(F)c3)n2)CC1. The smallest absolute Gasteiger partial charge is 0.258 e. The molecule has 1 aliphatic rings. The summed E-state index contributed by atoms with van der Waals surface area (Å²) < 4.78 is 31.4.